The summed E-state index contributed by atoms with van der Waals surface area (Å²) in [6.07, 6.45) is 0. The Kier molecular flexibility index (Phi) is 2.73. The molecule has 2 aromatic carbocycles. The number of benzene rings is 2. The number of carbonyl (C=O) groups is 1. The Bertz CT molecular complexity index is 484. The third-order valence-corrected chi connectivity index (χ3v) is 2.47. The molecular weight excluding hydrogens is 198 g/mol. The largest absolute Gasteiger partial charge is 0.398 e. The van der Waals surface area contributed by atoms with E-state index >= 15 is 0 Å². The van der Waals surface area contributed by atoms with Crippen molar-refractivity contribution < 1.29 is 4.79 Å². The van der Waals surface area contributed by atoms with Gasteiger partial charge in [0.15, 0.2) is 5.78 Å². The van der Waals surface area contributed by atoms with Crippen molar-refractivity contribution in [3.8, 4) is 0 Å². The van der Waals surface area contributed by atoms with Crippen molar-refractivity contribution in [2.45, 2.75) is 0 Å². The molecular formula is C14H12NO. The first-order valence-corrected chi connectivity index (χ1v) is 5.00. The van der Waals surface area contributed by atoms with Crippen molar-refractivity contribution in [3.05, 3.63) is 72.1 Å². The van der Waals surface area contributed by atoms with Crippen LogP contribution in [0.3, 0.4) is 0 Å². The highest BCUT2D eigenvalue weighted by atomic mass is 16.1. The van der Waals surface area contributed by atoms with Gasteiger partial charge in [-0.05, 0) is 24.6 Å². The topological polar surface area (TPSA) is 43.1 Å². The number of anilines is 1. The van der Waals surface area contributed by atoms with Gasteiger partial charge in [-0.15, -0.1) is 0 Å². The first-order valence-electron chi connectivity index (χ1n) is 5.00. The quantitative estimate of drug-likeness (QED) is 0.611. The third-order valence-electron chi connectivity index (χ3n) is 2.47. The second kappa shape index (κ2) is 4.19. The van der Waals surface area contributed by atoms with Gasteiger partial charge < -0.3 is 5.73 Å². The highest BCUT2D eigenvalue weighted by molar-refractivity contribution is 6.12. The van der Waals surface area contributed by atoms with E-state index in [1.807, 2.05) is 24.3 Å². The number of nitrogen functional groups attached to an aromatic ring is 1. The summed E-state index contributed by atoms with van der Waals surface area (Å²) < 4.78 is 0. The average Bonchev–Trinajstić information content (AvgIpc) is 2.29. The fraction of sp³-hybridized carbons (Fsp3) is 0. The predicted octanol–water partition coefficient (Wildman–Crippen LogP) is 2.68. The highest BCUT2D eigenvalue weighted by Crippen LogP contribution is 2.18. The second-order valence-electron chi connectivity index (χ2n) is 3.57. The van der Waals surface area contributed by atoms with Crippen molar-refractivity contribution in [1.82, 2.24) is 0 Å². The summed E-state index contributed by atoms with van der Waals surface area (Å²) in [5.74, 6) is -0.0799. The lowest BCUT2D eigenvalue weighted by Gasteiger charge is -2.06. The molecule has 0 saturated heterocycles. The Labute approximate surface area is 94.7 Å². The highest BCUT2D eigenvalue weighted by Gasteiger charge is 2.12. The van der Waals surface area contributed by atoms with Crippen LogP contribution in [0.5, 0.6) is 0 Å². The molecule has 0 aliphatic rings. The van der Waals surface area contributed by atoms with Crippen LogP contribution in [0.2, 0.25) is 0 Å². The van der Waals surface area contributed by atoms with Gasteiger partial charge in [-0.3, -0.25) is 4.79 Å². The zero-order valence-corrected chi connectivity index (χ0v) is 8.81. The summed E-state index contributed by atoms with van der Waals surface area (Å²) in [5, 5.41) is 0. The van der Waals surface area contributed by atoms with E-state index in [-0.39, 0.29) is 5.78 Å². The van der Waals surface area contributed by atoms with Gasteiger partial charge in [-0.2, -0.15) is 0 Å². The Morgan fingerprint density at radius 2 is 1.50 bits per heavy atom. The van der Waals surface area contributed by atoms with E-state index < -0.39 is 0 Å². The van der Waals surface area contributed by atoms with E-state index in [1.54, 1.807) is 24.3 Å². The zero-order chi connectivity index (χ0) is 11.5. The Balaban J connectivity index is 2.48. The average molecular weight is 210 g/mol. The van der Waals surface area contributed by atoms with E-state index in [2.05, 4.69) is 6.92 Å². The van der Waals surface area contributed by atoms with Gasteiger partial charge in [0.1, 0.15) is 0 Å². The fourth-order valence-electron chi connectivity index (χ4n) is 1.59. The summed E-state index contributed by atoms with van der Waals surface area (Å²) in [6, 6.07) is 14.3. The molecule has 0 aromatic heterocycles. The minimum Gasteiger partial charge on any atom is -0.398 e. The number of rotatable bonds is 2. The molecule has 2 N–H and O–H groups in total. The standard InChI is InChI=1S/C14H12NO/c1-10-6-2-3-7-11(10)14(16)12-8-4-5-9-13(12)15/h2-9H,1,15H2. The van der Waals surface area contributed by atoms with Gasteiger partial charge in [0, 0.05) is 16.8 Å². The van der Waals surface area contributed by atoms with E-state index in [9.17, 15) is 4.79 Å². The fourth-order valence-corrected chi connectivity index (χ4v) is 1.59. The molecule has 0 spiro atoms. The summed E-state index contributed by atoms with van der Waals surface area (Å²) in [5.41, 5.74) is 8.11. The molecule has 0 saturated carbocycles. The van der Waals surface area contributed by atoms with Crippen LogP contribution >= 0.6 is 0 Å². The second-order valence-corrected chi connectivity index (χ2v) is 3.57. The maximum atomic E-state index is 12.2. The zero-order valence-electron chi connectivity index (χ0n) is 8.81. The molecule has 2 aromatic rings. The molecule has 1 radical (unpaired) electrons. The molecule has 0 fully saturated rings. The Hall–Kier alpha value is -2.09. The number of ketones is 1. The minimum atomic E-state index is -0.0799. The molecule has 0 heterocycles. The maximum Gasteiger partial charge on any atom is 0.195 e. The van der Waals surface area contributed by atoms with Crippen molar-refractivity contribution in [3.63, 3.8) is 0 Å². The van der Waals surface area contributed by atoms with E-state index in [0.29, 0.717) is 16.8 Å². The Morgan fingerprint density at radius 3 is 2.12 bits per heavy atom. The number of nitrogens with two attached hydrogens (primary N) is 1. The molecule has 0 unspecified atom stereocenters. The van der Waals surface area contributed by atoms with Gasteiger partial charge in [0.25, 0.3) is 0 Å². The van der Waals surface area contributed by atoms with Gasteiger partial charge in [-0.25, -0.2) is 0 Å². The molecule has 2 nitrogen and oxygen atoms in total. The van der Waals surface area contributed by atoms with E-state index in [0.717, 1.165) is 5.56 Å². The summed E-state index contributed by atoms with van der Waals surface area (Å²) in [6.45, 7) is 3.84. The lowest BCUT2D eigenvalue weighted by molar-refractivity contribution is 0.103. The SMILES string of the molecule is [CH2]c1ccccc1C(=O)c1ccccc1N. The molecule has 0 bridgehead atoms. The van der Waals surface area contributed by atoms with Crippen molar-refractivity contribution >= 4 is 11.5 Å². The number of carbonyl (C=O) groups excluding carboxylic acids is 1. The summed E-state index contributed by atoms with van der Waals surface area (Å²) in [7, 11) is 0. The van der Waals surface area contributed by atoms with Crippen molar-refractivity contribution in [1.29, 1.82) is 0 Å². The van der Waals surface area contributed by atoms with E-state index in [1.165, 1.54) is 0 Å². The van der Waals surface area contributed by atoms with Gasteiger partial charge in [0.2, 0.25) is 0 Å². The molecule has 0 atom stereocenters. The first-order chi connectivity index (χ1) is 7.70. The lowest BCUT2D eigenvalue weighted by atomic mass is 9.98. The van der Waals surface area contributed by atoms with E-state index in [4.69, 9.17) is 5.73 Å². The van der Waals surface area contributed by atoms with Crippen LogP contribution in [0.25, 0.3) is 0 Å². The molecule has 0 aliphatic heterocycles. The normalized spacial score (nSPS) is 10.1. The van der Waals surface area contributed by atoms with Crippen LogP contribution in [0.4, 0.5) is 5.69 Å². The Morgan fingerprint density at radius 1 is 0.938 bits per heavy atom. The first kappa shape index (κ1) is 10.4. The van der Waals surface area contributed by atoms with Gasteiger partial charge >= 0.3 is 0 Å². The van der Waals surface area contributed by atoms with Crippen LogP contribution < -0.4 is 5.73 Å². The van der Waals surface area contributed by atoms with Gasteiger partial charge in [-0.1, -0.05) is 36.4 Å². The number of hydrogen-bond donors (Lipinski definition) is 1. The van der Waals surface area contributed by atoms with Crippen LogP contribution in [0, 0.1) is 6.92 Å². The maximum absolute atomic E-state index is 12.2. The van der Waals surface area contributed by atoms with Crippen LogP contribution in [0.15, 0.2) is 48.5 Å². The van der Waals surface area contributed by atoms with Crippen molar-refractivity contribution in [2.24, 2.45) is 0 Å². The molecule has 2 heteroatoms. The third kappa shape index (κ3) is 1.82. The molecule has 16 heavy (non-hydrogen) atoms. The minimum absolute atomic E-state index is 0.0799. The monoisotopic (exact) mass is 210 g/mol. The summed E-state index contributed by atoms with van der Waals surface area (Å²) in [4.78, 5) is 12.2. The van der Waals surface area contributed by atoms with Crippen LogP contribution in [-0.2, 0) is 0 Å². The molecule has 2 rings (SSSR count). The van der Waals surface area contributed by atoms with Crippen LogP contribution in [0.1, 0.15) is 21.5 Å². The smallest absolute Gasteiger partial charge is 0.195 e. The van der Waals surface area contributed by atoms with Crippen LogP contribution in [-0.4, -0.2) is 5.78 Å². The lowest BCUT2D eigenvalue weighted by Crippen LogP contribution is -2.06. The molecule has 79 valence electrons. The molecule has 0 aliphatic carbocycles. The van der Waals surface area contributed by atoms with Crippen molar-refractivity contribution in [2.75, 3.05) is 5.73 Å². The number of hydrogen-bond acceptors (Lipinski definition) is 2. The van der Waals surface area contributed by atoms with Gasteiger partial charge in [0.05, 0.1) is 0 Å². The predicted molar refractivity (Wildman–Crippen MR) is 65.2 cm³/mol. The molecule has 0 amide bonds. The number of para-hydroxylation sites is 1. The summed E-state index contributed by atoms with van der Waals surface area (Å²) >= 11 is 0.